The Hall–Kier alpha value is -1.91. The van der Waals surface area contributed by atoms with Crippen LogP contribution in [0.15, 0.2) is 19.0 Å². The van der Waals surface area contributed by atoms with Gasteiger partial charge in [0.1, 0.15) is 12.1 Å². The number of rotatable bonds is 3. The van der Waals surface area contributed by atoms with Crippen molar-refractivity contribution >= 4 is 11.6 Å². The van der Waals surface area contributed by atoms with E-state index in [0.29, 0.717) is 5.78 Å². The maximum atomic E-state index is 4.51. The molecule has 0 amide bonds. The second kappa shape index (κ2) is 3.59. The van der Waals surface area contributed by atoms with Crippen molar-refractivity contribution in [3.05, 3.63) is 30.2 Å². The third-order valence-corrected chi connectivity index (χ3v) is 2.86. The lowest BCUT2D eigenvalue weighted by atomic mass is 10.2. The molecule has 5 heteroatoms. The van der Waals surface area contributed by atoms with E-state index in [4.69, 9.17) is 0 Å². The van der Waals surface area contributed by atoms with Crippen molar-refractivity contribution in [1.29, 1.82) is 0 Å². The number of nitrogens with zero attached hydrogens (tertiary/aromatic N) is 4. The molecule has 2 aromatic rings. The molecular formula is C11H13N5. The van der Waals surface area contributed by atoms with Crippen LogP contribution in [0.1, 0.15) is 17.7 Å². The highest BCUT2D eigenvalue weighted by Crippen LogP contribution is 2.27. The summed E-state index contributed by atoms with van der Waals surface area (Å²) in [5.74, 6) is 1.70. The topological polar surface area (TPSA) is 55.1 Å². The second-order valence-corrected chi connectivity index (χ2v) is 3.88. The molecule has 1 aliphatic carbocycles. The summed E-state index contributed by atoms with van der Waals surface area (Å²) in [7, 11) is 0. The standard InChI is InChI=1S/C11H13N5/c1-2-6-12-10-8-4-3-5-9(8)15-11-13-7-14-16(10)11/h2,7,12H,1,3-6H2. The summed E-state index contributed by atoms with van der Waals surface area (Å²) in [5.41, 5.74) is 2.44. The van der Waals surface area contributed by atoms with Crippen LogP contribution in [0, 0.1) is 0 Å². The van der Waals surface area contributed by atoms with E-state index in [9.17, 15) is 0 Å². The minimum Gasteiger partial charge on any atom is -0.366 e. The first kappa shape index (κ1) is 9.33. The van der Waals surface area contributed by atoms with E-state index in [-0.39, 0.29) is 0 Å². The molecule has 0 saturated heterocycles. The highest BCUT2D eigenvalue weighted by molar-refractivity contribution is 5.54. The van der Waals surface area contributed by atoms with Crippen molar-refractivity contribution in [3.8, 4) is 0 Å². The van der Waals surface area contributed by atoms with E-state index >= 15 is 0 Å². The average molecular weight is 215 g/mol. The van der Waals surface area contributed by atoms with E-state index in [1.165, 1.54) is 11.9 Å². The molecule has 1 aliphatic rings. The van der Waals surface area contributed by atoms with Gasteiger partial charge in [0.2, 0.25) is 0 Å². The molecule has 82 valence electrons. The lowest BCUT2D eigenvalue weighted by Gasteiger charge is -2.10. The first-order valence-electron chi connectivity index (χ1n) is 5.46. The number of hydrogen-bond acceptors (Lipinski definition) is 4. The van der Waals surface area contributed by atoms with Crippen LogP contribution >= 0.6 is 0 Å². The molecular weight excluding hydrogens is 202 g/mol. The summed E-state index contributed by atoms with van der Waals surface area (Å²) in [6.07, 6.45) is 6.65. The van der Waals surface area contributed by atoms with Gasteiger partial charge < -0.3 is 5.32 Å². The minimum absolute atomic E-state index is 0.673. The van der Waals surface area contributed by atoms with Gasteiger partial charge in [0, 0.05) is 12.1 Å². The Morgan fingerprint density at radius 3 is 3.31 bits per heavy atom. The lowest BCUT2D eigenvalue weighted by molar-refractivity contribution is 0.900. The van der Waals surface area contributed by atoms with Gasteiger partial charge in [-0.2, -0.15) is 14.6 Å². The zero-order valence-corrected chi connectivity index (χ0v) is 8.98. The Kier molecular flexibility index (Phi) is 2.09. The Labute approximate surface area is 93.2 Å². The molecule has 0 atom stereocenters. The zero-order chi connectivity index (χ0) is 11.0. The Bertz CT molecular complexity index is 543. The first-order chi connectivity index (χ1) is 7.90. The van der Waals surface area contributed by atoms with Crippen LogP contribution in [0.2, 0.25) is 0 Å². The summed E-state index contributed by atoms with van der Waals surface area (Å²) in [6, 6.07) is 0. The Morgan fingerprint density at radius 2 is 2.44 bits per heavy atom. The van der Waals surface area contributed by atoms with Crippen molar-refractivity contribution in [1.82, 2.24) is 19.6 Å². The van der Waals surface area contributed by atoms with Crippen molar-refractivity contribution < 1.29 is 0 Å². The van der Waals surface area contributed by atoms with E-state index in [1.807, 2.05) is 6.08 Å². The van der Waals surface area contributed by atoms with Gasteiger partial charge in [-0.05, 0) is 19.3 Å². The van der Waals surface area contributed by atoms with Gasteiger partial charge in [-0.1, -0.05) is 6.08 Å². The number of aromatic nitrogens is 4. The number of hydrogen-bond donors (Lipinski definition) is 1. The van der Waals surface area contributed by atoms with Gasteiger partial charge in [-0.15, -0.1) is 6.58 Å². The van der Waals surface area contributed by atoms with Crippen LogP contribution in [0.4, 0.5) is 5.82 Å². The van der Waals surface area contributed by atoms with Crippen molar-refractivity contribution in [2.24, 2.45) is 0 Å². The molecule has 0 saturated carbocycles. The molecule has 2 heterocycles. The summed E-state index contributed by atoms with van der Waals surface area (Å²) in [4.78, 5) is 8.65. The molecule has 5 nitrogen and oxygen atoms in total. The molecule has 0 unspecified atom stereocenters. The predicted molar refractivity (Wildman–Crippen MR) is 61.5 cm³/mol. The van der Waals surface area contributed by atoms with E-state index in [0.717, 1.165) is 37.3 Å². The third kappa shape index (κ3) is 1.28. The Balaban J connectivity index is 2.20. The fourth-order valence-electron chi connectivity index (χ4n) is 2.17. The van der Waals surface area contributed by atoms with Crippen molar-refractivity contribution in [2.75, 3.05) is 11.9 Å². The van der Waals surface area contributed by atoms with Crippen LogP contribution in [-0.2, 0) is 12.8 Å². The summed E-state index contributed by atoms with van der Waals surface area (Å²) in [5, 5.41) is 7.52. The largest absolute Gasteiger partial charge is 0.366 e. The summed E-state index contributed by atoms with van der Waals surface area (Å²) >= 11 is 0. The lowest BCUT2D eigenvalue weighted by Crippen LogP contribution is -2.10. The number of fused-ring (bicyclic) bond motifs is 2. The van der Waals surface area contributed by atoms with Crippen LogP contribution in [0.3, 0.4) is 0 Å². The fraction of sp³-hybridized carbons (Fsp3) is 0.364. The Morgan fingerprint density at radius 1 is 1.50 bits per heavy atom. The molecule has 2 aromatic heterocycles. The van der Waals surface area contributed by atoms with Crippen molar-refractivity contribution in [3.63, 3.8) is 0 Å². The smallest absolute Gasteiger partial charge is 0.254 e. The highest BCUT2D eigenvalue weighted by Gasteiger charge is 2.20. The molecule has 0 bridgehead atoms. The van der Waals surface area contributed by atoms with Crippen LogP contribution in [-0.4, -0.2) is 26.1 Å². The molecule has 0 aromatic carbocycles. The SMILES string of the molecule is C=CCNc1c2c(nc3ncnn13)CCC2. The summed E-state index contributed by atoms with van der Waals surface area (Å²) in [6.45, 7) is 4.44. The molecule has 1 N–H and O–H groups in total. The maximum Gasteiger partial charge on any atom is 0.254 e. The number of nitrogens with one attached hydrogen (secondary N) is 1. The summed E-state index contributed by atoms with van der Waals surface area (Å²) < 4.78 is 1.77. The maximum absolute atomic E-state index is 4.51. The van der Waals surface area contributed by atoms with Gasteiger partial charge in [0.05, 0.1) is 5.69 Å². The molecule has 0 fully saturated rings. The zero-order valence-electron chi connectivity index (χ0n) is 8.98. The molecule has 0 aliphatic heterocycles. The van der Waals surface area contributed by atoms with Gasteiger partial charge >= 0.3 is 0 Å². The van der Waals surface area contributed by atoms with E-state index in [1.54, 1.807) is 4.52 Å². The second-order valence-electron chi connectivity index (χ2n) is 3.88. The van der Waals surface area contributed by atoms with Gasteiger partial charge in [0.15, 0.2) is 0 Å². The molecule has 0 spiro atoms. The predicted octanol–water partition coefficient (Wildman–Crippen LogP) is 1.21. The normalized spacial score (nSPS) is 14.0. The quantitative estimate of drug-likeness (QED) is 0.782. The fourth-order valence-corrected chi connectivity index (χ4v) is 2.17. The monoisotopic (exact) mass is 215 g/mol. The van der Waals surface area contributed by atoms with Crippen LogP contribution < -0.4 is 5.32 Å². The van der Waals surface area contributed by atoms with E-state index in [2.05, 4.69) is 27.0 Å². The average Bonchev–Trinajstić information content (AvgIpc) is 2.91. The first-order valence-corrected chi connectivity index (χ1v) is 5.46. The van der Waals surface area contributed by atoms with Crippen LogP contribution in [0.25, 0.3) is 5.78 Å². The van der Waals surface area contributed by atoms with Gasteiger partial charge in [0.25, 0.3) is 5.78 Å². The minimum atomic E-state index is 0.673. The third-order valence-electron chi connectivity index (χ3n) is 2.86. The molecule has 16 heavy (non-hydrogen) atoms. The number of aryl methyl sites for hydroxylation is 1. The highest BCUT2D eigenvalue weighted by atomic mass is 15.4. The van der Waals surface area contributed by atoms with Gasteiger partial charge in [-0.3, -0.25) is 0 Å². The van der Waals surface area contributed by atoms with E-state index < -0.39 is 0 Å². The van der Waals surface area contributed by atoms with Crippen LogP contribution in [0.5, 0.6) is 0 Å². The van der Waals surface area contributed by atoms with Crippen molar-refractivity contribution in [2.45, 2.75) is 19.3 Å². The molecule has 3 rings (SSSR count). The molecule has 0 radical (unpaired) electrons. The number of anilines is 1. The van der Waals surface area contributed by atoms with Gasteiger partial charge in [-0.25, -0.2) is 4.98 Å².